The number of piperidine rings is 1. The Morgan fingerprint density at radius 2 is 2.07 bits per heavy atom. The first-order valence-electron chi connectivity index (χ1n) is 8.81. The van der Waals surface area contributed by atoms with E-state index in [2.05, 4.69) is 4.98 Å². The number of pyridine rings is 1. The molecule has 3 rings (SSSR count). The number of hydrogen-bond donors (Lipinski definition) is 0. The molecule has 0 radical (unpaired) electrons. The summed E-state index contributed by atoms with van der Waals surface area (Å²) >= 11 is 0. The van der Waals surface area contributed by atoms with Crippen molar-refractivity contribution in [1.29, 1.82) is 0 Å². The summed E-state index contributed by atoms with van der Waals surface area (Å²) in [7, 11) is -1.81. The van der Waals surface area contributed by atoms with E-state index in [4.69, 9.17) is 9.15 Å². The average Bonchev–Trinajstić information content (AvgIpc) is 3.23. The first-order chi connectivity index (χ1) is 12.9. The van der Waals surface area contributed by atoms with Crippen LogP contribution in [0.1, 0.15) is 30.1 Å². The maximum atomic E-state index is 12.3. The van der Waals surface area contributed by atoms with Gasteiger partial charge in [0.15, 0.2) is 0 Å². The van der Waals surface area contributed by atoms with Crippen LogP contribution in [0.2, 0.25) is 0 Å². The van der Waals surface area contributed by atoms with E-state index in [9.17, 15) is 13.2 Å². The van der Waals surface area contributed by atoms with Crippen molar-refractivity contribution >= 4 is 21.6 Å². The summed E-state index contributed by atoms with van der Waals surface area (Å²) in [5.41, 5.74) is 1.04. The highest BCUT2D eigenvalue weighted by Gasteiger charge is 2.25. The SMILES string of the molecule is CCS(=O)(=O)N(C)c1ccc(OC2CCN(C(=O)c3ccoc3)CC2)nc1. The zero-order chi connectivity index (χ0) is 19.4. The van der Waals surface area contributed by atoms with E-state index >= 15 is 0 Å². The van der Waals surface area contributed by atoms with Gasteiger partial charge in [-0.15, -0.1) is 0 Å². The lowest BCUT2D eigenvalue weighted by molar-refractivity contribution is 0.0587. The molecular formula is C18H23N3O5S. The first kappa shape index (κ1) is 19.2. The maximum Gasteiger partial charge on any atom is 0.257 e. The second kappa shape index (κ2) is 7.99. The maximum absolute atomic E-state index is 12.3. The molecule has 2 aromatic rings. The molecule has 0 unspecified atom stereocenters. The molecule has 146 valence electrons. The van der Waals surface area contributed by atoms with Crippen LogP contribution >= 0.6 is 0 Å². The largest absolute Gasteiger partial charge is 0.474 e. The van der Waals surface area contributed by atoms with E-state index in [0.29, 0.717) is 43.1 Å². The summed E-state index contributed by atoms with van der Waals surface area (Å²) in [6.07, 6.45) is 5.80. The molecule has 1 amide bonds. The second-order valence-corrected chi connectivity index (χ2v) is 8.63. The third-order valence-corrected chi connectivity index (χ3v) is 6.43. The Morgan fingerprint density at radius 1 is 1.33 bits per heavy atom. The highest BCUT2D eigenvalue weighted by Crippen LogP contribution is 2.22. The number of hydrogen-bond acceptors (Lipinski definition) is 6. The van der Waals surface area contributed by atoms with Gasteiger partial charge in [-0.1, -0.05) is 0 Å². The van der Waals surface area contributed by atoms with Crippen molar-refractivity contribution in [3.8, 4) is 5.88 Å². The molecule has 0 bridgehead atoms. The lowest BCUT2D eigenvalue weighted by Gasteiger charge is -2.31. The Hall–Kier alpha value is -2.55. The van der Waals surface area contributed by atoms with Gasteiger partial charge in [0.25, 0.3) is 5.91 Å². The van der Waals surface area contributed by atoms with Crippen LogP contribution in [0.15, 0.2) is 41.3 Å². The van der Waals surface area contributed by atoms with Crippen molar-refractivity contribution in [2.45, 2.75) is 25.9 Å². The quantitative estimate of drug-likeness (QED) is 0.747. The molecular weight excluding hydrogens is 370 g/mol. The summed E-state index contributed by atoms with van der Waals surface area (Å²) in [5, 5.41) is 0. The normalized spacial score (nSPS) is 15.6. The molecule has 9 heteroatoms. The van der Waals surface area contributed by atoms with Crippen LogP contribution in [0.3, 0.4) is 0 Å². The minimum atomic E-state index is -3.32. The number of rotatable bonds is 6. The topological polar surface area (TPSA) is 93.0 Å². The Kier molecular flexibility index (Phi) is 5.69. The molecule has 0 aromatic carbocycles. The Labute approximate surface area is 158 Å². The van der Waals surface area contributed by atoms with Crippen LogP contribution < -0.4 is 9.04 Å². The number of anilines is 1. The van der Waals surface area contributed by atoms with Crippen molar-refractivity contribution in [2.24, 2.45) is 0 Å². The van der Waals surface area contributed by atoms with Crippen LogP contribution in [0.4, 0.5) is 5.69 Å². The zero-order valence-corrected chi connectivity index (χ0v) is 16.2. The van der Waals surface area contributed by atoms with Gasteiger partial charge in [-0.25, -0.2) is 13.4 Å². The lowest BCUT2D eigenvalue weighted by atomic mass is 10.1. The lowest BCUT2D eigenvalue weighted by Crippen LogP contribution is -2.41. The average molecular weight is 393 g/mol. The van der Waals surface area contributed by atoms with Gasteiger partial charge in [0, 0.05) is 39.0 Å². The van der Waals surface area contributed by atoms with Gasteiger partial charge in [-0.2, -0.15) is 0 Å². The predicted octanol–water partition coefficient (Wildman–Crippen LogP) is 2.14. The molecule has 2 aromatic heterocycles. The molecule has 0 N–H and O–H groups in total. The molecule has 3 heterocycles. The van der Waals surface area contributed by atoms with Gasteiger partial charge in [0.1, 0.15) is 12.4 Å². The fourth-order valence-corrected chi connectivity index (χ4v) is 3.72. The number of amides is 1. The minimum Gasteiger partial charge on any atom is -0.474 e. The third-order valence-electron chi connectivity index (χ3n) is 4.65. The van der Waals surface area contributed by atoms with Gasteiger partial charge in [0.05, 0.1) is 29.5 Å². The number of likely N-dealkylation sites (tertiary alicyclic amines) is 1. The van der Waals surface area contributed by atoms with E-state index in [1.807, 2.05) is 0 Å². The fourth-order valence-electron chi connectivity index (χ4n) is 2.90. The van der Waals surface area contributed by atoms with Crippen LogP contribution in [0.5, 0.6) is 5.88 Å². The number of aromatic nitrogens is 1. The van der Waals surface area contributed by atoms with Crippen molar-refractivity contribution in [3.63, 3.8) is 0 Å². The third kappa shape index (κ3) is 4.41. The number of nitrogens with zero attached hydrogens (tertiary/aromatic N) is 3. The van der Waals surface area contributed by atoms with Crippen LogP contribution in [-0.2, 0) is 10.0 Å². The molecule has 1 aliphatic rings. The Bertz CT molecular complexity index is 857. The standard InChI is InChI=1S/C18H23N3O5S/c1-3-27(23,24)20(2)15-4-5-17(19-12-15)26-16-6-9-21(10-7-16)18(22)14-8-11-25-13-14/h4-5,8,11-13,16H,3,6-7,9-10H2,1-2H3. The summed E-state index contributed by atoms with van der Waals surface area (Å²) in [5.74, 6) is 0.434. The van der Waals surface area contributed by atoms with E-state index in [1.165, 1.54) is 30.1 Å². The molecule has 0 aliphatic carbocycles. The highest BCUT2D eigenvalue weighted by atomic mass is 32.2. The van der Waals surface area contributed by atoms with Crippen LogP contribution in [0.25, 0.3) is 0 Å². The monoisotopic (exact) mass is 393 g/mol. The van der Waals surface area contributed by atoms with Gasteiger partial charge >= 0.3 is 0 Å². The number of sulfonamides is 1. The minimum absolute atomic E-state index is 0.0257. The second-order valence-electron chi connectivity index (χ2n) is 6.34. The molecule has 8 nitrogen and oxygen atoms in total. The van der Waals surface area contributed by atoms with Gasteiger partial charge in [-0.3, -0.25) is 9.10 Å². The molecule has 0 saturated carbocycles. The molecule has 1 fully saturated rings. The van der Waals surface area contributed by atoms with Crippen molar-refractivity contribution in [3.05, 3.63) is 42.5 Å². The van der Waals surface area contributed by atoms with Crippen molar-refractivity contribution < 1.29 is 22.4 Å². The van der Waals surface area contributed by atoms with Crippen molar-refractivity contribution in [2.75, 3.05) is 30.2 Å². The summed E-state index contributed by atoms with van der Waals surface area (Å²) in [4.78, 5) is 18.3. The Balaban J connectivity index is 1.54. The molecule has 1 saturated heterocycles. The van der Waals surface area contributed by atoms with E-state index in [0.717, 1.165) is 0 Å². The van der Waals surface area contributed by atoms with Crippen molar-refractivity contribution in [1.82, 2.24) is 9.88 Å². The van der Waals surface area contributed by atoms with Crippen LogP contribution in [0, 0.1) is 0 Å². The van der Waals surface area contributed by atoms with Crippen LogP contribution in [-0.4, -0.2) is 56.2 Å². The molecule has 0 atom stereocenters. The van der Waals surface area contributed by atoms with Gasteiger partial charge < -0.3 is 14.1 Å². The summed E-state index contributed by atoms with van der Waals surface area (Å²) < 4.78 is 35.9. The van der Waals surface area contributed by atoms with Gasteiger partial charge in [-0.05, 0) is 19.1 Å². The zero-order valence-electron chi connectivity index (χ0n) is 15.4. The summed E-state index contributed by atoms with van der Waals surface area (Å²) in [6, 6.07) is 5.00. The number of carbonyl (C=O) groups excluding carboxylic acids is 1. The first-order valence-corrected chi connectivity index (χ1v) is 10.4. The van der Waals surface area contributed by atoms with E-state index < -0.39 is 10.0 Å². The predicted molar refractivity (Wildman–Crippen MR) is 100 cm³/mol. The van der Waals surface area contributed by atoms with E-state index in [-0.39, 0.29) is 17.8 Å². The number of carbonyl (C=O) groups is 1. The fraction of sp³-hybridized carbons (Fsp3) is 0.444. The highest BCUT2D eigenvalue weighted by molar-refractivity contribution is 7.92. The Morgan fingerprint density at radius 3 is 2.63 bits per heavy atom. The number of ether oxygens (including phenoxy) is 1. The van der Waals surface area contributed by atoms with Gasteiger partial charge in [0.2, 0.25) is 15.9 Å². The molecule has 27 heavy (non-hydrogen) atoms. The van der Waals surface area contributed by atoms with E-state index in [1.54, 1.807) is 30.0 Å². The summed E-state index contributed by atoms with van der Waals surface area (Å²) in [6.45, 7) is 2.80. The molecule has 0 spiro atoms. The smallest absolute Gasteiger partial charge is 0.257 e. The number of furan rings is 1. The molecule has 1 aliphatic heterocycles.